The third-order valence-corrected chi connectivity index (χ3v) is 7.29. The zero-order valence-electron chi connectivity index (χ0n) is 30.8. The maximum atomic E-state index is 10.2. The maximum absolute atomic E-state index is 10.2. The van der Waals surface area contributed by atoms with Crippen LogP contribution in [0.1, 0.15) is 201 Å². The average Bonchev–Trinajstić information content (AvgIpc) is 3.02. The van der Waals surface area contributed by atoms with Crippen LogP contribution in [0.15, 0.2) is 24.3 Å². The Morgan fingerprint density at radius 1 is 0.522 bits per heavy atom. The molecule has 0 amide bonds. The number of unbranched alkanes of at least 4 members (excludes halogenated alkanes) is 22. The van der Waals surface area contributed by atoms with Crippen LogP contribution < -0.4 is 10.2 Å². The SMILES string of the molecule is CC(O)S.CCCCCCCC/C=C\CCCCCCCC(=O)[O-].CCCCCCCC/C=C\CCCCCCCC(=O)[O-].[CH3][SnH+2]. The van der Waals surface area contributed by atoms with E-state index >= 15 is 0 Å². The van der Waals surface area contributed by atoms with E-state index in [0.717, 1.165) is 38.5 Å². The second-order valence-electron chi connectivity index (χ2n) is 12.0. The summed E-state index contributed by atoms with van der Waals surface area (Å²) in [5, 5.41) is 28.3. The van der Waals surface area contributed by atoms with Crippen molar-refractivity contribution in [1.29, 1.82) is 0 Å². The molecule has 7 heteroatoms. The number of carboxylic acids is 2. The van der Waals surface area contributed by atoms with Crippen molar-refractivity contribution in [3.8, 4) is 0 Å². The molecule has 0 aliphatic rings. The molecule has 0 rings (SSSR count). The molecular weight excluding hydrogens is 699 g/mol. The number of hydrogen-bond donors (Lipinski definition) is 2. The third-order valence-electron chi connectivity index (χ3n) is 7.29. The fourth-order valence-corrected chi connectivity index (χ4v) is 4.68. The van der Waals surface area contributed by atoms with Crippen molar-refractivity contribution < 1.29 is 24.9 Å². The molecule has 0 spiro atoms. The number of carbonyl (C=O) groups excluding carboxylic acids is 2. The normalized spacial score (nSPS) is 11.2. The van der Waals surface area contributed by atoms with Gasteiger partial charge in [-0.1, -0.05) is 141 Å². The number of aliphatic hydroxyl groups excluding tert-OH is 1. The summed E-state index contributed by atoms with van der Waals surface area (Å²) in [5.41, 5.74) is -0.472. The first-order valence-electron chi connectivity index (χ1n) is 18.9. The zero-order valence-corrected chi connectivity index (χ0v) is 35.0. The van der Waals surface area contributed by atoms with Crippen LogP contribution in [0.4, 0.5) is 0 Å². The molecule has 0 aromatic heterocycles. The van der Waals surface area contributed by atoms with Crippen LogP contribution >= 0.6 is 12.6 Å². The molecule has 46 heavy (non-hydrogen) atoms. The van der Waals surface area contributed by atoms with Crippen LogP contribution in [-0.2, 0) is 9.59 Å². The topological polar surface area (TPSA) is 100 Å². The van der Waals surface area contributed by atoms with E-state index in [1.165, 1.54) is 151 Å². The van der Waals surface area contributed by atoms with Gasteiger partial charge in [0.15, 0.2) is 0 Å². The van der Waals surface area contributed by atoms with E-state index in [2.05, 4.69) is 55.7 Å². The number of thiol groups is 1. The first kappa shape index (κ1) is 52.3. The van der Waals surface area contributed by atoms with Gasteiger partial charge in [0.25, 0.3) is 0 Å². The summed E-state index contributed by atoms with van der Waals surface area (Å²) in [5.74, 6) is -1.83. The zero-order chi connectivity index (χ0) is 35.4. The van der Waals surface area contributed by atoms with Gasteiger partial charge in [0, 0.05) is 11.9 Å². The van der Waals surface area contributed by atoms with Gasteiger partial charge in [-0.15, -0.1) is 12.6 Å². The molecule has 1 N–H and O–H groups in total. The molecule has 1 atom stereocenters. The van der Waals surface area contributed by atoms with Crippen LogP contribution in [0.5, 0.6) is 0 Å². The second kappa shape index (κ2) is 51.4. The molecule has 0 saturated heterocycles. The Kier molecular flexibility index (Phi) is 58.4. The summed E-state index contributed by atoms with van der Waals surface area (Å²) in [6.45, 7) is 6.10. The van der Waals surface area contributed by atoms with Crippen molar-refractivity contribution in [3.05, 3.63) is 24.3 Å². The van der Waals surface area contributed by atoms with Crippen molar-refractivity contribution in [3.63, 3.8) is 0 Å². The van der Waals surface area contributed by atoms with Crippen LogP contribution in [0.25, 0.3) is 0 Å². The van der Waals surface area contributed by atoms with E-state index in [4.69, 9.17) is 5.11 Å². The average molecular weight is 776 g/mol. The number of hydrogen-bond acceptors (Lipinski definition) is 6. The van der Waals surface area contributed by atoms with Gasteiger partial charge in [-0.25, -0.2) is 0 Å². The number of aliphatic hydroxyl groups is 1. The van der Waals surface area contributed by atoms with Crippen LogP contribution in [0.2, 0.25) is 4.94 Å². The van der Waals surface area contributed by atoms with Crippen molar-refractivity contribution in [1.82, 2.24) is 0 Å². The van der Waals surface area contributed by atoms with Crippen molar-refractivity contribution in [2.45, 2.75) is 211 Å². The Balaban J connectivity index is -0.000000327. The van der Waals surface area contributed by atoms with Crippen molar-refractivity contribution in [2.75, 3.05) is 0 Å². The summed E-state index contributed by atoms with van der Waals surface area (Å²) in [7, 11) is 0. The number of aliphatic carboxylic acids is 2. The third kappa shape index (κ3) is 70.0. The van der Waals surface area contributed by atoms with E-state index in [1.54, 1.807) is 6.92 Å². The molecule has 0 bridgehead atoms. The van der Waals surface area contributed by atoms with Gasteiger partial charge in [0.2, 0.25) is 0 Å². The van der Waals surface area contributed by atoms with Gasteiger partial charge >= 0.3 is 27.5 Å². The fourth-order valence-electron chi connectivity index (χ4n) is 4.68. The molecule has 0 radical (unpaired) electrons. The summed E-state index contributed by atoms with van der Waals surface area (Å²) in [4.78, 5) is 22.6. The number of carboxylic acid groups (broad SMARTS) is 2. The van der Waals surface area contributed by atoms with Crippen molar-refractivity contribution in [2.24, 2.45) is 0 Å². The summed E-state index contributed by atoms with van der Waals surface area (Å²) >= 11 is 4.87. The molecule has 0 fully saturated rings. The Labute approximate surface area is 305 Å². The standard InChI is InChI=1S/2C18H34O2.C2H6OS.CH3.Sn.H/c2*1-2-3-4-5-6-7-8-9-10-11-12-13-14-15-16-17-18(19)20;1-2(3)4;;;/h2*9-10H,2-8,11-17H2,1H3,(H,19,20);2-4H,1H3;1H3;;/q;;;;+2;/p-2/b2*10-9-;;;;. The van der Waals surface area contributed by atoms with E-state index in [0.29, 0.717) is 0 Å². The molecule has 272 valence electrons. The second-order valence-corrected chi connectivity index (χ2v) is 12.8. The Morgan fingerprint density at radius 3 is 0.935 bits per heavy atom. The molecule has 0 heterocycles. The number of allylic oxidation sites excluding steroid dienone is 4. The van der Waals surface area contributed by atoms with Gasteiger partial charge < -0.3 is 24.9 Å². The summed E-state index contributed by atoms with van der Waals surface area (Å²) in [6, 6.07) is 0. The molecule has 0 aromatic carbocycles. The fraction of sp³-hybridized carbons (Fsp3) is 0.846. The molecular formula is C39H76O5SSn. The Morgan fingerprint density at radius 2 is 0.717 bits per heavy atom. The molecule has 0 aliphatic heterocycles. The minimum atomic E-state index is -0.914. The quantitative estimate of drug-likeness (QED) is 0.0249. The predicted octanol–water partition coefficient (Wildman–Crippen LogP) is 9.74. The van der Waals surface area contributed by atoms with Gasteiger partial charge in [0.05, 0.1) is 5.44 Å². The van der Waals surface area contributed by atoms with Gasteiger partial charge in [-0.3, -0.25) is 0 Å². The predicted molar refractivity (Wildman–Crippen MR) is 203 cm³/mol. The Hall–Kier alpha value is -0.471. The van der Waals surface area contributed by atoms with Crippen LogP contribution in [0.3, 0.4) is 0 Å². The van der Waals surface area contributed by atoms with E-state index in [1.807, 2.05) is 0 Å². The molecule has 5 nitrogen and oxygen atoms in total. The van der Waals surface area contributed by atoms with E-state index in [9.17, 15) is 19.8 Å². The van der Waals surface area contributed by atoms with Crippen LogP contribution in [-0.4, -0.2) is 45.0 Å². The molecule has 0 saturated carbocycles. The first-order chi connectivity index (χ1) is 22.3. The van der Waals surface area contributed by atoms with Gasteiger partial charge in [0.1, 0.15) is 0 Å². The van der Waals surface area contributed by atoms with Gasteiger partial charge in [-0.05, 0) is 84.0 Å². The summed E-state index contributed by atoms with van der Waals surface area (Å²) < 4.78 is 0. The van der Waals surface area contributed by atoms with Gasteiger partial charge in [-0.2, -0.15) is 0 Å². The molecule has 1 unspecified atom stereocenters. The minimum absolute atomic E-state index is 0.220. The number of rotatable bonds is 30. The first-order valence-corrected chi connectivity index (χ1v) is 22.7. The summed E-state index contributed by atoms with van der Waals surface area (Å²) in [6.07, 6.45) is 41.8. The number of carbonyl (C=O) groups is 2. The van der Waals surface area contributed by atoms with E-state index in [-0.39, 0.29) is 12.8 Å². The Bertz CT molecular complexity index is 573. The molecule has 0 aromatic rings. The van der Waals surface area contributed by atoms with E-state index < -0.39 is 17.4 Å². The molecule has 0 aliphatic carbocycles. The monoisotopic (exact) mass is 776 g/mol. The van der Waals surface area contributed by atoms with Crippen LogP contribution in [0, 0.1) is 0 Å². The van der Waals surface area contributed by atoms with Crippen molar-refractivity contribution >= 4 is 47.1 Å².